The summed E-state index contributed by atoms with van der Waals surface area (Å²) in [5.41, 5.74) is 0. The van der Waals surface area contributed by atoms with E-state index in [4.69, 9.17) is 4.74 Å². The molecule has 1 aromatic heterocycles. The summed E-state index contributed by atoms with van der Waals surface area (Å²) in [4.78, 5) is 16.1. The highest BCUT2D eigenvalue weighted by Gasteiger charge is 2.36. The summed E-state index contributed by atoms with van der Waals surface area (Å²) in [7, 11) is 0. The third-order valence-electron chi connectivity index (χ3n) is 3.41. The van der Waals surface area contributed by atoms with E-state index in [1.54, 1.807) is 0 Å². The Labute approximate surface area is 108 Å². The number of amides is 1. The van der Waals surface area contributed by atoms with Crippen molar-refractivity contribution in [3.8, 4) is 5.75 Å². The van der Waals surface area contributed by atoms with Crippen molar-refractivity contribution in [2.75, 3.05) is 5.32 Å². The fourth-order valence-corrected chi connectivity index (χ4v) is 2.87. The molecule has 1 aliphatic heterocycles. The minimum absolute atomic E-state index is 0.0602. The van der Waals surface area contributed by atoms with Gasteiger partial charge in [-0.2, -0.15) is 0 Å². The Morgan fingerprint density at radius 2 is 2.12 bits per heavy atom. The van der Waals surface area contributed by atoms with Gasteiger partial charge in [-0.15, -0.1) is 0 Å². The van der Waals surface area contributed by atoms with Crippen molar-refractivity contribution < 1.29 is 9.53 Å². The van der Waals surface area contributed by atoms with E-state index >= 15 is 0 Å². The standard InChI is InChI=1S/C12H13BrN2O2/c13-9-6-5-8-11(14-9)15-12(16)10(17-8)7-3-1-2-4-7/h5-7,10H,1-4H2,(H,14,15,16). The fourth-order valence-electron chi connectivity index (χ4n) is 2.56. The first-order chi connectivity index (χ1) is 8.24. The minimum Gasteiger partial charge on any atom is -0.476 e. The Balaban J connectivity index is 1.87. The zero-order valence-corrected chi connectivity index (χ0v) is 10.9. The third kappa shape index (κ3) is 2.04. The molecule has 1 unspecified atom stereocenters. The summed E-state index contributed by atoms with van der Waals surface area (Å²) in [5.74, 6) is 1.48. The van der Waals surface area contributed by atoms with E-state index in [2.05, 4.69) is 26.2 Å². The van der Waals surface area contributed by atoms with Crippen LogP contribution in [-0.4, -0.2) is 17.0 Å². The van der Waals surface area contributed by atoms with E-state index in [1.165, 1.54) is 12.8 Å². The normalized spacial score (nSPS) is 24.1. The topological polar surface area (TPSA) is 51.2 Å². The summed E-state index contributed by atoms with van der Waals surface area (Å²) in [6.07, 6.45) is 4.22. The van der Waals surface area contributed by atoms with Gasteiger partial charge in [-0.25, -0.2) is 4.98 Å². The molecule has 3 rings (SSSR count). The second kappa shape index (κ2) is 4.29. The van der Waals surface area contributed by atoms with Crippen molar-refractivity contribution in [3.63, 3.8) is 0 Å². The quantitative estimate of drug-likeness (QED) is 0.811. The average molecular weight is 297 g/mol. The molecule has 17 heavy (non-hydrogen) atoms. The van der Waals surface area contributed by atoms with E-state index in [0.29, 0.717) is 22.1 Å². The van der Waals surface area contributed by atoms with E-state index in [9.17, 15) is 4.79 Å². The molecule has 1 N–H and O–H groups in total. The van der Waals surface area contributed by atoms with Gasteiger partial charge in [0.2, 0.25) is 0 Å². The monoisotopic (exact) mass is 296 g/mol. The van der Waals surface area contributed by atoms with Gasteiger partial charge in [0.05, 0.1) is 0 Å². The smallest absolute Gasteiger partial charge is 0.266 e. The molecule has 1 atom stereocenters. The lowest BCUT2D eigenvalue weighted by atomic mass is 9.99. The zero-order valence-electron chi connectivity index (χ0n) is 9.28. The number of hydrogen-bond acceptors (Lipinski definition) is 3. The molecule has 2 aliphatic rings. The molecule has 5 heteroatoms. The van der Waals surface area contributed by atoms with Gasteiger partial charge in [0.25, 0.3) is 5.91 Å². The van der Waals surface area contributed by atoms with Crippen molar-refractivity contribution in [2.24, 2.45) is 5.92 Å². The van der Waals surface area contributed by atoms with Gasteiger partial charge in [-0.05, 0) is 40.9 Å². The molecular weight excluding hydrogens is 284 g/mol. The molecule has 0 bridgehead atoms. The lowest BCUT2D eigenvalue weighted by Crippen LogP contribution is -2.41. The Kier molecular flexibility index (Phi) is 2.78. The molecule has 0 aromatic carbocycles. The first-order valence-corrected chi connectivity index (χ1v) is 6.67. The highest BCUT2D eigenvalue weighted by Crippen LogP contribution is 2.36. The fraction of sp³-hybridized carbons (Fsp3) is 0.500. The van der Waals surface area contributed by atoms with Crippen LogP contribution in [0.5, 0.6) is 5.75 Å². The van der Waals surface area contributed by atoms with Gasteiger partial charge in [-0.3, -0.25) is 4.79 Å². The maximum atomic E-state index is 12.0. The number of hydrogen-bond donors (Lipinski definition) is 1. The SMILES string of the molecule is O=C1Nc2nc(Br)ccc2OC1C1CCCC1. The lowest BCUT2D eigenvalue weighted by molar-refractivity contribution is -0.125. The molecule has 0 saturated heterocycles. The van der Waals surface area contributed by atoms with Gasteiger partial charge in [0.1, 0.15) is 4.60 Å². The highest BCUT2D eigenvalue weighted by molar-refractivity contribution is 9.10. The summed E-state index contributed by atoms with van der Waals surface area (Å²) < 4.78 is 6.48. The number of halogens is 1. The first kappa shape index (κ1) is 11.0. The zero-order chi connectivity index (χ0) is 11.8. The Morgan fingerprint density at radius 3 is 2.88 bits per heavy atom. The second-order valence-electron chi connectivity index (χ2n) is 4.55. The van der Waals surface area contributed by atoms with Gasteiger partial charge >= 0.3 is 0 Å². The van der Waals surface area contributed by atoms with E-state index in [1.807, 2.05) is 12.1 Å². The van der Waals surface area contributed by atoms with E-state index in [0.717, 1.165) is 12.8 Å². The van der Waals surface area contributed by atoms with Gasteiger partial charge in [-0.1, -0.05) is 12.8 Å². The number of rotatable bonds is 1. The molecule has 1 saturated carbocycles. The number of nitrogens with one attached hydrogen (secondary N) is 1. The minimum atomic E-state index is -0.340. The van der Waals surface area contributed by atoms with E-state index < -0.39 is 0 Å². The van der Waals surface area contributed by atoms with Gasteiger partial charge in [0, 0.05) is 5.92 Å². The first-order valence-electron chi connectivity index (χ1n) is 5.88. The number of carbonyl (C=O) groups is 1. The number of aromatic nitrogens is 1. The van der Waals surface area contributed by atoms with Crippen LogP contribution in [0.15, 0.2) is 16.7 Å². The molecule has 1 aliphatic carbocycles. The van der Waals surface area contributed by atoms with Crippen LogP contribution in [-0.2, 0) is 4.79 Å². The summed E-state index contributed by atoms with van der Waals surface area (Å²) >= 11 is 3.27. The Hall–Kier alpha value is -1.10. The van der Waals surface area contributed by atoms with Crippen molar-refractivity contribution in [2.45, 2.75) is 31.8 Å². The highest BCUT2D eigenvalue weighted by atomic mass is 79.9. The predicted octanol–water partition coefficient (Wildman–Crippen LogP) is 2.73. The summed E-state index contributed by atoms with van der Waals surface area (Å²) in [5, 5.41) is 2.82. The van der Waals surface area contributed by atoms with Crippen LogP contribution in [0.4, 0.5) is 5.82 Å². The number of pyridine rings is 1. The number of anilines is 1. The molecule has 4 nitrogen and oxygen atoms in total. The van der Waals surface area contributed by atoms with Crippen molar-refractivity contribution in [3.05, 3.63) is 16.7 Å². The van der Waals surface area contributed by atoms with Crippen LogP contribution in [0.25, 0.3) is 0 Å². The molecule has 0 spiro atoms. The molecular formula is C12H13BrN2O2. The number of nitrogens with zero attached hydrogens (tertiary/aromatic N) is 1. The van der Waals surface area contributed by atoms with Crippen molar-refractivity contribution in [1.29, 1.82) is 0 Å². The van der Waals surface area contributed by atoms with E-state index in [-0.39, 0.29) is 12.0 Å². The Bertz CT molecular complexity index is 458. The van der Waals surface area contributed by atoms with Crippen LogP contribution >= 0.6 is 15.9 Å². The van der Waals surface area contributed by atoms with Crippen LogP contribution in [0.2, 0.25) is 0 Å². The molecule has 1 amide bonds. The molecule has 0 radical (unpaired) electrons. The average Bonchev–Trinajstić information content (AvgIpc) is 2.81. The van der Waals surface area contributed by atoms with Crippen LogP contribution in [0.3, 0.4) is 0 Å². The number of ether oxygens (including phenoxy) is 1. The molecule has 2 heterocycles. The lowest BCUT2D eigenvalue weighted by Gasteiger charge is -2.28. The third-order valence-corrected chi connectivity index (χ3v) is 3.85. The summed E-state index contributed by atoms with van der Waals surface area (Å²) in [6, 6.07) is 3.66. The predicted molar refractivity (Wildman–Crippen MR) is 66.9 cm³/mol. The molecule has 1 aromatic rings. The maximum absolute atomic E-state index is 12.0. The number of fused-ring (bicyclic) bond motifs is 1. The van der Waals surface area contributed by atoms with Gasteiger partial charge < -0.3 is 10.1 Å². The molecule has 1 fully saturated rings. The van der Waals surface area contributed by atoms with Gasteiger partial charge in [0.15, 0.2) is 17.7 Å². The van der Waals surface area contributed by atoms with Crippen LogP contribution in [0, 0.1) is 5.92 Å². The van der Waals surface area contributed by atoms with Crippen LogP contribution in [0.1, 0.15) is 25.7 Å². The maximum Gasteiger partial charge on any atom is 0.266 e. The summed E-state index contributed by atoms with van der Waals surface area (Å²) in [6.45, 7) is 0. The number of carbonyl (C=O) groups excluding carboxylic acids is 1. The van der Waals surface area contributed by atoms with Crippen LogP contribution < -0.4 is 10.1 Å². The Morgan fingerprint density at radius 1 is 1.35 bits per heavy atom. The van der Waals surface area contributed by atoms with Crippen molar-refractivity contribution in [1.82, 2.24) is 4.98 Å². The molecule has 90 valence electrons. The second-order valence-corrected chi connectivity index (χ2v) is 5.37. The van der Waals surface area contributed by atoms with Crippen molar-refractivity contribution >= 4 is 27.7 Å². The largest absolute Gasteiger partial charge is 0.476 e.